The van der Waals surface area contributed by atoms with E-state index < -0.39 is 0 Å². The Labute approximate surface area is 165 Å². The average Bonchev–Trinajstić information content (AvgIpc) is 2.76. The van der Waals surface area contributed by atoms with Crippen LogP contribution in [0.2, 0.25) is 0 Å². The van der Waals surface area contributed by atoms with Crippen molar-refractivity contribution in [3.05, 3.63) is 95.6 Å². The Balaban J connectivity index is 2.18. The molecule has 0 spiro atoms. The topological polar surface area (TPSA) is 72.3 Å². The third-order valence-electron chi connectivity index (χ3n) is 4.11. The molecule has 0 aromatic heterocycles. The fraction of sp³-hybridized carbons (Fsp3) is 0.0870. The van der Waals surface area contributed by atoms with Gasteiger partial charge in [0.15, 0.2) is 5.75 Å². The van der Waals surface area contributed by atoms with E-state index in [-0.39, 0.29) is 0 Å². The molecule has 0 heterocycles. The molecular formula is C23H22N4O. The zero-order valence-electron chi connectivity index (χ0n) is 15.9. The Morgan fingerprint density at radius 1 is 0.857 bits per heavy atom. The number of aliphatic imine (C=N–C) groups is 3. The van der Waals surface area contributed by atoms with Crippen LogP contribution in [0.3, 0.4) is 0 Å². The van der Waals surface area contributed by atoms with Gasteiger partial charge in [-0.2, -0.15) is 0 Å². The Kier molecular flexibility index (Phi) is 6.31. The van der Waals surface area contributed by atoms with Gasteiger partial charge >= 0.3 is 0 Å². The Morgan fingerprint density at radius 2 is 1.46 bits per heavy atom. The van der Waals surface area contributed by atoms with Crippen molar-refractivity contribution in [3.63, 3.8) is 0 Å². The van der Waals surface area contributed by atoms with E-state index in [2.05, 4.69) is 9.98 Å². The van der Waals surface area contributed by atoms with Crippen LogP contribution >= 0.6 is 0 Å². The van der Waals surface area contributed by atoms with Gasteiger partial charge < -0.3 is 10.5 Å². The third-order valence-corrected chi connectivity index (χ3v) is 4.11. The Bertz CT molecular complexity index is 968. The maximum absolute atomic E-state index is 6.11. The van der Waals surface area contributed by atoms with Gasteiger partial charge in [0.1, 0.15) is 17.9 Å². The number of hydrogen-bond donors (Lipinski definition) is 1. The fourth-order valence-corrected chi connectivity index (χ4v) is 2.83. The molecule has 3 aromatic rings. The zero-order chi connectivity index (χ0) is 19.8. The highest BCUT2D eigenvalue weighted by Crippen LogP contribution is 2.32. The molecule has 3 rings (SSSR count). The molecule has 0 unspecified atom stereocenters. The number of ether oxygens (including phenoxy) is 1. The van der Waals surface area contributed by atoms with Gasteiger partial charge in [-0.25, -0.2) is 9.98 Å². The van der Waals surface area contributed by atoms with Crippen LogP contribution in [0, 0.1) is 0 Å². The number of nitrogens with zero attached hydrogens (tertiary/aromatic N) is 3. The highest BCUT2D eigenvalue weighted by molar-refractivity contribution is 6.14. The molecule has 5 heteroatoms. The SMILES string of the molecule is CN=CN=C(N)c1cccc(N=C(c2ccccc2)c2ccccc2)c1OC. The number of methoxy groups -OCH3 is 1. The average molecular weight is 370 g/mol. The number of amidine groups is 1. The molecule has 0 aliphatic rings. The zero-order valence-corrected chi connectivity index (χ0v) is 15.9. The van der Waals surface area contributed by atoms with Crippen molar-refractivity contribution >= 4 is 23.6 Å². The molecule has 0 aliphatic heterocycles. The summed E-state index contributed by atoms with van der Waals surface area (Å²) in [6.45, 7) is 0. The number of para-hydroxylation sites is 1. The van der Waals surface area contributed by atoms with Crippen LogP contribution in [0.5, 0.6) is 5.75 Å². The van der Waals surface area contributed by atoms with Crippen molar-refractivity contribution in [2.24, 2.45) is 20.7 Å². The highest BCUT2D eigenvalue weighted by atomic mass is 16.5. The highest BCUT2D eigenvalue weighted by Gasteiger charge is 2.14. The maximum Gasteiger partial charge on any atom is 0.155 e. The summed E-state index contributed by atoms with van der Waals surface area (Å²) in [5.41, 5.74) is 10.3. The molecule has 0 radical (unpaired) electrons. The van der Waals surface area contributed by atoms with Gasteiger partial charge in [-0.3, -0.25) is 4.99 Å². The lowest BCUT2D eigenvalue weighted by atomic mass is 10.0. The van der Waals surface area contributed by atoms with Crippen LogP contribution in [0.4, 0.5) is 5.69 Å². The first-order chi connectivity index (χ1) is 13.7. The number of nitrogens with two attached hydrogens (primary N) is 1. The van der Waals surface area contributed by atoms with Crippen LogP contribution in [0.15, 0.2) is 93.8 Å². The molecule has 0 aliphatic carbocycles. The van der Waals surface area contributed by atoms with Crippen molar-refractivity contribution < 1.29 is 4.74 Å². The molecule has 5 nitrogen and oxygen atoms in total. The van der Waals surface area contributed by atoms with Crippen molar-refractivity contribution in [3.8, 4) is 5.75 Å². The van der Waals surface area contributed by atoms with Crippen molar-refractivity contribution in [2.75, 3.05) is 14.2 Å². The minimum Gasteiger partial charge on any atom is -0.494 e. The molecule has 2 N–H and O–H groups in total. The molecule has 140 valence electrons. The first-order valence-corrected chi connectivity index (χ1v) is 8.85. The summed E-state index contributed by atoms with van der Waals surface area (Å²) in [4.78, 5) is 12.9. The van der Waals surface area contributed by atoms with E-state index in [9.17, 15) is 0 Å². The van der Waals surface area contributed by atoms with E-state index in [1.54, 1.807) is 14.2 Å². The maximum atomic E-state index is 6.11. The smallest absolute Gasteiger partial charge is 0.155 e. The Morgan fingerprint density at radius 3 is 2.00 bits per heavy atom. The predicted octanol–water partition coefficient (Wildman–Crippen LogP) is 4.23. The molecule has 0 saturated heterocycles. The monoisotopic (exact) mass is 370 g/mol. The fourth-order valence-electron chi connectivity index (χ4n) is 2.83. The lowest BCUT2D eigenvalue weighted by Gasteiger charge is -2.13. The standard InChI is InChI=1S/C23H22N4O/c1-25-16-26-23(24)19-14-9-15-20(22(19)28-2)27-21(17-10-5-3-6-11-17)18-12-7-4-8-13-18/h3-16H,1-2H3,(H2,24,25,26). The quantitative estimate of drug-likeness (QED) is 0.521. The molecule has 0 bridgehead atoms. The van der Waals surface area contributed by atoms with E-state index in [1.165, 1.54) is 6.34 Å². The van der Waals surface area contributed by atoms with E-state index >= 15 is 0 Å². The first kappa shape index (κ1) is 19.0. The van der Waals surface area contributed by atoms with Crippen molar-refractivity contribution in [1.82, 2.24) is 0 Å². The second kappa shape index (κ2) is 9.28. The Hall–Kier alpha value is -3.73. The van der Waals surface area contributed by atoms with Crippen LogP contribution in [0.25, 0.3) is 0 Å². The van der Waals surface area contributed by atoms with Gasteiger partial charge in [0.25, 0.3) is 0 Å². The van der Waals surface area contributed by atoms with Gasteiger partial charge in [-0.15, -0.1) is 0 Å². The minimum absolute atomic E-state index is 0.320. The summed E-state index contributed by atoms with van der Waals surface area (Å²) in [6, 6.07) is 25.7. The largest absolute Gasteiger partial charge is 0.494 e. The van der Waals surface area contributed by atoms with E-state index in [1.807, 2.05) is 78.9 Å². The third kappa shape index (κ3) is 4.32. The van der Waals surface area contributed by atoms with Gasteiger partial charge in [0, 0.05) is 18.2 Å². The van der Waals surface area contributed by atoms with Crippen molar-refractivity contribution in [1.29, 1.82) is 0 Å². The lowest BCUT2D eigenvalue weighted by molar-refractivity contribution is 0.415. The molecule has 0 amide bonds. The van der Waals surface area contributed by atoms with Gasteiger partial charge in [0.05, 0.1) is 18.4 Å². The number of rotatable bonds is 6. The van der Waals surface area contributed by atoms with E-state index in [4.69, 9.17) is 15.5 Å². The summed E-state index contributed by atoms with van der Waals surface area (Å²) in [5.74, 6) is 0.887. The summed E-state index contributed by atoms with van der Waals surface area (Å²) in [5, 5.41) is 0. The normalized spacial score (nSPS) is 11.4. The predicted molar refractivity (Wildman–Crippen MR) is 116 cm³/mol. The molecule has 3 aromatic carbocycles. The molecular weight excluding hydrogens is 348 g/mol. The van der Waals surface area contributed by atoms with Gasteiger partial charge in [0.2, 0.25) is 0 Å². The summed E-state index contributed by atoms with van der Waals surface area (Å²) in [7, 11) is 3.24. The van der Waals surface area contributed by atoms with E-state index in [0.29, 0.717) is 22.8 Å². The molecule has 0 fully saturated rings. The van der Waals surface area contributed by atoms with Crippen LogP contribution in [0.1, 0.15) is 16.7 Å². The second-order valence-corrected chi connectivity index (χ2v) is 5.94. The molecule has 0 saturated carbocycles. The van der Waals surface area contributed by atoms with Gasteiger partial charge in [-0.05, 0) is 12.1 Å². The molecule has 0 atom stereocenters. The summed E-state index contributed by atoms with van der Waals surface area (Å²) < 4.78 is 5.64. The minimum atomic E-state index is 0.320. The summed E-state index contributed by atoms with van der Waals surface area (Å²) >= 11 is 0. The van der Waals surface area contributed by atoms with Crippen LogP contribution < -0.4 is 10.5 Å². The second-order valence-electron chi connectivity index (χ2n) is 5.94. The van der Waals surface area contributed by atoms with E-state index in [0.717, 1.165) is 16.8 Å². The van der Waals surface area contributed by atoms with Crippen LogP contribution in [-0.4, -0.2) is 32.0 Å². The van der Waals surface area contributed by atoms with Crippen LogP contribution in [-0.2, 0) is 0 Å². The lowest BCUT2D eigenvalue weighted by Crippen LogP contribution is -2.15. The van der Waals surface area contributed by atoms with Gasteiger partial charge in [-0.1, -0.05) is 66.7 Å². The van der Waals surface area contributed by atoms with Crippen molar-refractivity contribution in [2.45, 2.75) is 0 Å². The number of benzene rings is 3. The molecule has 28 heavy (non-hydrogen) atoms. The summed E-state index contributed by atoms with van der Waals surface area (Å²) in [6.07, 6.45) is 1.41. The first-order valence-electron chi connectivity index (χ1n) is 8.85. The number of hydrogen-bond acceptors (Lipinski definition) is 3.